The van der Waals surface area contributed by atoms with Gasteiger partial charge in [0, 0.05) is 7.05 Å². The van der Waals surface area contributed by atoms with Gasteiger partial charge in [0.25, 0.3) is 5.56 Å². The number of hydrogen-bond acceptors (Lipinski definition) is 5. The van der Waals surface area contributed by atoms with Crippen molar-refractivity contribution in [3.05, 3.63) is 69.7 Å². The van der Waals surface area contributed by atoms with E-state index in [2.05, 4.69) is 18.5 Å². The Morgan fingerprint density at radius 2 is 2.00 bits per heavy atom. The minimum absolute atomic E-state index is 0.171. The van der Waals surface area contributed by atoms with Crippen LogP contribution in [0.2, 0.25) is 0 Å². The van der Waals surface area contributed by atoms with Crippen molar-refractivity contribution in [1.29, 1.82) is 0 Å². The van der Waals surface area contributed by atoms with E-state index in [-0.39, 0.29) is 11.4 Å². The highest BCUT2D eigenvalue weighted by atomic mass is 32.2. The molecule has 30 heavy (non-hydrogen) atoms. The van der Waals surface area contributed by atoms with Crippen LogP contribution in [0.3, 0.4) is 0 Å². The SMILES string of the molecule is C=C/C(=C\C=C(/CC)SC)n1c(/C(=C/C)C/C=C\C)nc(SC)c(C(N)=NC)c1=O. The van der Waals surface area contributed by atoms with Gasteiger partial charge in [-0.2, -0.15) is 0 Å². The van der Waals surface area contributed by atoms with Gasteiger partial charge >= 0.3 is 0 Å². The first kappa shape index (κ1) is 25.8. The lowest BCUT2D eigenvalue weighted by Crippen LogP contribution is -2.33. The van der Waals surface area contributed by atoms with Crippen molar-refractivity contribution >= 4 is 40.6 Å². The third-order valence-electron chi connectivity index (χ3n) is 4.47. The molecule has 1 aromatic rings. The summed E-state index contributed by atoms with van der Waals surface area (Å²) in [5, 5.41) is 0.562. The van der Waals surface area contributed by atoms with E-state index in [0.717, 1.165) is 12.0 Å². The first-order chi connectivity index (χ1) is 14.4. The van der Waals surface area contributed by atoms with Crippen LogP contribution in [0.1, 0.15) is 45.0 Å². The molecule has 1 heterocycles. The molecular weight excluding hydrogens is 412 g/mol. The molecule has 0 aliphatic rings. The van der Waals surface area contributed by atoms with E-state index in [1.54, 1.807) is 29.5 Å². The smallest absolute Gasteiger partial charge is 0.270 e. The van der Waals surface area contributed by atoms with Crippen LogP contribution in [-0.4, -0.2) is 34.9 Å². The topological polar surface area (TPSA) is 73.3 Å². The Balaban J connectivity index is 4.04. The summed E-state index contributed by atoms with van der Waals surface area (Å²) >= 11 is 3.06. The first-order valence-electron chi connectivity index (χ1n) is 9.71. The second-order valence-electron chi connectivity index (χ2n) is 6.14. The van der Waals surface area contributed by atoms with Gasteiger partial charge in [0.15, 0.2) is 0 Å². The minimum Gasteiger partial charge on any atom is -0.383 e. The maximum absolute atomic E-state index is 13.6. The number of thioether (sulfide) groups is 2. The quantitative estimate of drug-likeness (QED) is 0.131. The van der Waals surface area contributed by atoms with Crippen LogP contribution >= 0.6 is 23.5 Å². The summed E-state index contributed by atoms with van der Waals surface area (Å²) < 4.78 is 1.59. The number of nitrogens with two attached hydrogens (primary N) is 1. The van der Waals surface area contributed by atoms with Crippen LogP contribution in [0.4, 0.5) is 0 Å². The zero-order valence-electron chi connectivity index (χ0n) is 18.7. The molecule has 1 aromatic heterocycles. The molecule has 7 heteroatoms. The highest BCUT2D eigenvalue weighted by Crippen LogP contribution is 2.25. The molecule has 1 rings (SSSR count). The summed E-state index contributed by atoms with van der Waals surface area (Å²) in [6.07, 6.45) is 17.1. The Morgan fingerprint density at radius 1 is 1.30 bits per heavy atom. The average molecular weight is 445 g/mol. The Bertz CT molecular complexity index is 960. The second kappa shape index (κ2) is 13.1. The third kappa shape index (κ3) is 6.12. The number of hydrogen-bond donors (Lipinski definition) is 1. The van der Waals surface area contributed by atoms with Crippen molar-refractivity contribution in [2.24, 2.45) is 10.7 Å². The van der Waals surface area contributed by atoms with Crippen molar-refractivity contribution in [1.82, 2.24) is 9.55 Å². The van der Waals surface area contributed by atoms with Crippen molar-refractivity contribution in [3.8, 4) is 0 Å². The molecule has 0 saturated carbocycles. The van der Waals surface area contributed by atoms with E-state index in [0.29, 0.717) is 28.5 Å². The number of amidine groups is 1. The fourth-order valence-corrected chi connectivity index (χ4v) is 3.83. The molecule has 0 bridgehead atoms. The molecule has 0 aromatic carbocycles. The summed E-state index contributed by atoms with van der Waals surface area (Å²) in [5.41, 5.74) is 7.72. The Morgan fingerprint density at radius 3 is 2.47 bits per heavy atom. The lowest BCUT2D eigenvalue weighted by molar-refractivity contribution is 0.870. The number of allylic oxidation sites excluding steroid dienone is 9. The van der Waals surface area contributed by atoms with Gasteiger partial charge in [-0.1, -0.05) is 37.8 Å². The first-order valence-corrected chi connectivity index (χ1v) is 12.2. The van der Waals surface area contributed by atoms with Crippen LogP contribution in [-0.2, 0) is 0 Å². The molecular formula is C23H32N4OS2. The molecule has 0 saturated heterocycles. The van der Waals surface area contributed by atoms with Gasteiger partial charge < -0.3 is 5.73 Å². The normalized spacial score (nSPS) is 13.9. The molecule has 0 amide bonds. The van der Waals surface area contributed by atoms with E-state index in [1.165, 1.54) is 16.7 Å². The van der Waals surface area contributed by atoms with E-state index in [4.69, 9.17) is 10.7 Å². The van der Waals surface area contributed by atoms with Gasteiger partial charge in [-0.05, 0) is 61.8 Å². The number of nitrogens with zero attached hydrogens (tertiary/aromatic N) is 3. The summed E-state index contributed by atoms with van der Waals surface area (Å²) in [5.74, 6) is 0.754. The Labute approximate surface area is 188 Å². The van der Waals surface area contributed by atoms with Gasteiger partial charge in [0.05, 0.1) is 5.70 Å². The standard InChI is InChI=1S/C23H32N4OS2/c1-8-12-13-16(9-2)21-26-22(30-7)19(20(24)25-5)23(28)27(21)17(10-3)14-15-18(11-4)29-6/h8-10,12,14-15H,3,11,13H2,1-2,4-7H3,(H2,24,25)/b12-8-,16-9+,17-14+,18-15+. The predicted octanol–water partition coefficient (Wildman–Crippen LogP) is 5.35. The second-order valence-corrected chi connectivity index (χ2v) is 7.87. The molecule has 0 atom stereocenters. The summed E-state index contributed by atoms with van der Waals surface area (Å²) in [6.45, 7) is 9.96. The maximum Gasteiger partial charge on any atom is 0.270 e. The predicted molar refractivity (Wildman–Crippen MR) is 136 cm³/mol. The van der Waals surface area contributed by atoms with Gasteiger partial charge in [-0.25, -0.2) is 4.98 Å². The van der Waals surface area contributed by atoms with Crippen LogP contribution < -0.4 is 11.3 Å². The van der Waals surface area contributed by atoms with Gasteiger partial charge in [0.2, 0.25) is 0 Å². The van der Waals surface area contributed by atoms with Crippen LogP contribution in [0.15, 0.2) is 62.8 Å². The van der Waals surface area contributed by atoms with Crippen LogP contribution in [0.25, 0.3) is 11.3 Å². The average Bonchev–Trinajstić information content (AvgIpc) is 2.77. The van der Waals surface area contributed by atoms with Crippen molar-refractivity contribution in [2.45, 2.75) is 38.6 Å². The fraction of sp³-hybridized carbons (Fsp3) is 0.348. The molecule has 2 N–H and O–H groups in total. The molecule has 0 spiro atoms. The Kier molecular flexibility index (Phi) is 11.3. The molecule has 0 aliphatic heterocycles. The fourth-order valence-electron chi connectivity index (χ4n) is 2.76. The molecule has 0 radical (unpaired) electrons. The lowest BCUT2D eigenvalue weighted by Gasteiger charge is -2.18. The zero-order chi connectivity index (χ0) is 22.7. The molecule has 162 valence electrons. The van der Waals surface area contributed by atoms with Crippen molar-refractivity contribution < 1.29 is 0 Å². The van der Waals surface area contributed by atoms with Gasteiger partial charge in [0.1, 0.15) is 22.2 Å². The highest BCUT2D eigenvalue weighted by Gasteiger charge is 2.21. The molecule has 5 nitrogen and oxygen atoms in total. The third-order valence-corrected chi connectivity index (χ3v) is 6.10. The van der Waals surface area contributed by atoms with Crippen LogP contribution in [0, 0.1) is 0 Å². The largest absolute Gasteiger partial charge is 0.383 e. The van der Waals surface area contributed by atoms with Gasteiger partial charge in [-0.15, -0.1) is 23.5 Å². The molecule has 0 unspecified atom stereocenters. The van der Waals surface area contributed by atoms with E-state index < -0.39 is 0 Å². The van der Waals surface area contributed by atoms with E-state index >= 15 is 0 Å². The minimum atomic E-state index is -0.256. The van der Waals surface area contributed by atoms with Crippen LogP contribution in [0.5, 0.6) is 0 Å². The zero-order valence-corrected chi connectivity index (χ0v) is 20.4. The summed E-state index contributed by atoms with van der Waals surface area (Å²) in [7, 11) is 1.57. The summed E-state index contributed by atoms with van der Waals surface area (Å²) in [4.78, 5) is 23.7. The Hall–Kier alpha value is -2.25. The van der Waals surface area contributed by atoms with E-state index in [9.17, 15) is 4.79 Å². The molecule has 0 fully saturated rings. The van der Waals surface area contributed by atoms with Crippen molar-refractivity contribution in [2.75, 3.05) is 19.6 Å². The number of rotatable bonds is 10. The number of aliphatic imine (C=N–C) groups is 1. The van der Waals surface area contributed by atoms with Gasteiger partial charge in [-0.3, -0.25) is 14.4 Å². The highest BCUT2D eigenvalue weighted by molar-refractivity contribution is 8.02. The summed E-state index contributed by atoms with van der Waals surface area (Å²) in [6, 6.07) is 0. The van der Waals surface area contributed by atoms with E-state index in [1.807, 2.05) is 56.7 Å². The maximum atomic E-state index is 13.6. The molecule has 0 aliphatic carbocycles. The van der Waals surface area contributed by atoms with Crippen molar-refractivity contribution in [3.63, 3.8) is 0 Å². The monoisotopic (exact) mass is 444 g/mol. The lowest BCUT2D eigenvalue weighted by atomic mass is 10.1. The number of aromatic nitrogens is 2.